The molecule has 30 heavy (non-hydrogen) atoms. The van der Waals surface area contributed by atoms with Crippen molar-refractivity contribution in [2.45, 2.75) is 38.5 Å². The first-order chi connectivity index (χ1) is 14.7. The van der Waals surface area contributed by atoms with Gasteiger partial charge in [-0.1, -0.05) is 25.7 Å². The Morgan fingerprint density at radius 1 is 0.700 bits per heavy atom. The highest BCUT2D eigenvalue weighted by Gasteiger charge is 2.04. The highest BCUT2D eigenvalue weighted by Crippen LogP contribution is 2.16. The third kappa shape index (κ3) is 9.18. The van der Waals surface area contributed by atoms with Crippen molar-refractivity contribution in [1.82, 2.24) is 10.6 Å². The highest BCUT2D eigenvalue weighted by atomic mass is 16.5. The first-order valence-corrected chi connectivity index (χ1v) is 10.6. The van der Waals surface area contributed by atoms with Crippen molar-refractivity contribution < 1.29 is 19.0 Å². The van der Waals surface area contributed by atoms with Crippen LogP contribution in [0.2, 0.25) is 0 Å². The minimum atomic E-state index is -0.0272. The number of methoxy groups -OCH3 is 2. The lowest BCUT2D eigenvalue weighted by atomic mass is 10.1. The van der Waals surface area contributed by atoms with Gasteiger partial charge in [0, 0.05) is 12.1 Å². The molecule has 6 heteroatoms. The Morgan fingerprint density at radius 3 is 1.80 bits per heavy atom. The van der Waals surface area contributed by atoms with E-state index in [2.05, 4.69) is 10.6 Å². The lowest BCUT2D eigenvalue weighted by Crippen LogP contribution is -2.24. The fourth-order valence-electron chi connectivity index (χ4n) is 3.01. The van der Waals surface area contributed by atoms with Gasteiger partial charge in [0.25, 0.3) is 5.91 Å². The predicted octanol–water partition coefficient (Wildman–Crippen LogP) is 4.40. The second kappa shape index (κ2) is 14.3. The summed E-state index contributed by atoms with van der Waals surface area (Å²) in [4.78, 5) is 12.0. The third-order valence-corrected chi connectivity index (χ3v) is 4.82. The summed E-state index contributed by atoms with van der Waals surface area (Å²) in [6.45, 7) is 2.18. The second-order valence-corrected chi connectivity index (χ2v) is 7.07. The number of carbonyl (C=O) groups is 1. The molecule has 0 bridgehead atoms. The molecular formula is C24H34N2O4. The summed E-state index contributed by atoms with van der Waals surface area (Å²) in [5.74, 6) is 2.39. The van der Waals surface area contributed by atoms with Crippen molar-refractivity contribution in [2.75, 3.05) is 34.0 Å². The quantitative estimate of drug-likeness (QED) is 0.334. The van der Waals surface area contributed by atoms with E-state index in [1.165, 1.54) is 19.3 Å². The van der Waals surface area contributed by atoms with Gasteiger partial charge in [-0.2, -0.15) is 0 Å². The smallest absolute Gasteiger partial charge is 0.251 e. The molecule has 0 unspecified atom stereocenters. The van der Waals surface area contributed by atoms with Crippen LogP contribution in [0.4, 0.5) is 0 Å². The van der Waals surface area contributed by atoms with Crippen LogP contribution in [0, 0.1) is 0 Å². The third-order valence-electron chi connectivity index (χ3n) is 4.82. The fourth-order valence-corrected chi connectivity index (χ4v) is 3.01. The average molecular weight is 415 g/mol. The number of unbranched alkanes of at least 4 members (excludes halogenated alkanes) is 5. The van der Waals surface area contributed by atoms with Gasteiger partial charge in [-0.05, 0) is 67.9 Å². The molecule has 0 saturated carbocycles. The lowest BCUT2D eigenvalue weighted by molar-refractivity contribution is 0.0953. The topological polar surface area (TPSA) is 68.8 Å². The number of nitrogens with one attached hydrogen (secondary N) is 2. The molecule has 2 aromatic rings. The molecular weight excluding hydrogens is 380 g/mol. The molecule has 2 aromatic carbocycles. The van der Waals surface area contributed by atoms with Gasteiger partial charge in [0.2, 0.25) is 0 Å². The van der Waals surface area contributed by atoms with Crippen LogP contribution in [0.1, 0.15) is 48.9 Å². The van der Waals surface area contributed by atoms with E-state index in [9.17, 15) is 4.79 Å². The van der Waals surface area contributed by atoms with Crippen LogP contribution in [-0.2, 0) is 0 Å². The molecule has 2 N–H and O–H groups in total. The standard InChI is InChI=1S/C24H34N2O4/c1-28-21-11-9-20(10-12-21)24(27)26-18-8-6-4-3-5-7-17-25-19-30-23-15-13-22(29-2)14-16-23/h9-16,25H,3-8,17-19H2,1-2H3,(H,26,27). The van der Waals surface area contributed by atoms with E-state index in [0.29, 0.717) is 12.3 Å². The van der Waals surface area contributed by atoms with Gasteiger partial charge in [-0.25, -0.2) is 0 Å². The Morgan fingerprint density at radius 2 is 1.20 bits per heavy atom. The van der Waals surface area contributed by atoms with E-state index in [0.717, 1.165) is 49.6 Å². The maximum atomic E-state index is 12.0. The van der Waals surface area contributed by atoms with Crippen LogP contribution in [0.5, 0.6) is 17.2 Å². The Balaban J connectivity index is 1.38. The van der Waals surface area contributed by atoms with E-state index in [1.54, 1.807) is 38.5 Å². The Kier molecular flexibility index (Phi) is 11.2. The van der Waals surface area contributed by atoms with Crippen LogP contribution in [0.15, 0.2) is 48.5 Å². The summed E-state index contributed by atoms with van der Waals surface area (Å²) in [5, 5.41) is 6.27. The van der Waals surface area contributed by atoms with E-state index in [1.807, 2.05) is 24.3 Å². The highest BCUT2D eigenvalue weighted by molar-refractivity contribution is 5.94. The van der Waals surface area contributed by atoms with E-state index < -0.39 is 0 Å². The van der Waals surface area contributed by atoms with Crippen molar-refractivity contribution in [2.24, 2.45) is 0 Å². The molecule has 0 radical (unpaired) electrons. The minimum Gasteiger partial charge on any atom is -0.497 e. The molecule has 0 fully saturated rings. The Labute approximate surface area is 179 Å². The zero-order chi connectivity index (χ0) is 21.4. The van der Waals surface area contributed by atoms with Crippen molar-refractivity contribution in [1.29, 1.82) is 0 Å². The maximum absolute atomic E-state index is 12.0. The average Bonchev–Trinajstić information content (AvgIpc) is 2.80. The van der Waals surface area contributed by atoms with Gasteiger partial charge in [-0.15, -0.1) is 0 Å². The summed E-state index contributed by atoms with van der Waals surface area (Å²) in [6, 6.07) is 14.7. The molecule has 0 heterocycles. The molecule has 0 aromatic heterocycles. The fraction of sp³-hybridized carbons (Fsp3) is 0.458. The van der Waals surface area contributed by atoms with Gasteiger partial charge in [0.05, 0.1) is 14.2 Å². The van der Waals surface area contributed by atoms with Crippen molar-refractivity contribution >= 4 is 5.91 Å². The molecule has 164 valence electrons. The molecule has 0 aliphatic rings. The summed E-state index contributed by atoms with van der Waals surface area (Å²) < 4.78 is 15.9. The van der Waals surface area contributed by atoms with Crippen molar-refractivity contribution in [3.8, 4) is 17.2 Å². The summed E-state index contributed by atoms with van der Waals surface area (Å²) in [6.07, 6.45) is 6.90. The van der Waals surface area contributed by atoms with Gasteiger partial charge >= 0.3 is 0 Å². The van der Waals surface area contributed by atoms with Gasteiger partial charge in [0.15, 0.2) is 0 Å². The number of hydrogen-bond acceptors (Lipinski definition) is 5. The number of rotatable bonds is 15. The van der Waals surface area contributed by atoms with Gasteiger partial charge < -0.3 is 19.5 Å². The maximum Gasteiger partial charge on any atom is 0.251 e. The number of benzene rings is 2. The molecule has 0 aliphatic carbocycles. The molecule has 0 saturated heterocycles. The summed E-state index contributed by atoms with van der Waals surface area (Å²) in [5.41, 5.74) is 0.666. The molecule has 0 aliphatic heterocycles. The van der Waals surface area contributed by atoms with Gasteiger partial charge in [-0.3, -0.25) is 10.1 Å². The monoisotopic (exact) mass is 414 g/mol. The SMILES string of the molecule is COc1ccc(OCNCCCCCCCCNC(=O)c2ccc(OC)cc2)cc1. The zero-order valence-corrected chi connectivity index (χ0v) is 18.1. The normalized spacial score (nSPS) is 10.5. The number of hydrogen-bond donors (Lipinski definition) is 2. The van der Waals surface area contributed by atoms with Crippen LogP contribution in [-0.4, -0.2) is 39.9 Å². The molecule has 0 atom stereocenters. The van der Waals surface area contributed by atoms with Crippen LogP contribution in [0.3, 0.4) is 0 Å². The number of ether oxygens (including phenoxy) is 3. The van der Waals surface area contributed by atoms with Crippen LogP contribution in [0.25, 0.3) is 0 Å². The molecule has 0 spiro atoms. The first-order valence-electron chi connectivity index (χ1n) is 10.6. The molecule has 1 amide bonds. The second-order valence-electron chi connectivity index (χ2n) is 7.07. The Bertz CT molecular complexity index is 717. The van der Waals surface area contributed by atoms with Crippen LogP contribution >= 0.6 is 0 Å². The predicted molar refractivity (Wildman–Crippen MR) is 120 cm³/mol. The number of carbonyl (C=O) groups excluding carboxylic acids is 1. The summed E-state index contributed by atoms with van der Waals surface area (Å²) >= 11 is 0. The zero-order valence-electron chi connectivity index (χ0n) is 18.1. The number of amides is 1. The first kappa shape index (κ1) is 23.5. The largest absolute Gasteiger partial charge is 0.497 e. The molecule has 6 nitrogen and oxygen atoms in total. The van der Waals surface area contributed by atoms with E-state index in [4.69, 9.17) is 14.2 Å². The van der Waals surface area contributed by atoms with Crippen LogP contribution < -0.4 is 24.8 Å². The Hall–Kier alpha value is -2.73. The summed E-state index contributed by atoms with van der Waals surface area (Å²) in [7, 11) is 3.27. The van der Waals surface area contributed by atoms with E-state index in [-0.39, 0.29) is 5.91 Å². The lowest BCUT2D eigenvalue weighted by Gasteiger charge is -2.08. The minimum absolute atomic E-state index is 0.0272. The molecule has 2 rings (SSSR count). The van der Waals surface area contributed by atoms with Crippen molar-refractivity contribution in [3.63, 3.8) is 0 Å². The van der Waals surface area contributed by atoms with Crippen molar-refractivity contribution in [3.05, 3.63) is 54.1 Å². The van der Waals surface area contributed by atoms with Gasteiger partial charge in [0.1, 0.15) is 24.0 Å². The van der Waals surface area contributed by atoms with E-state index >= 15 is 0 Å².